The van der Waals surface area contributed by atoms with Crippen LogP contribution in [0.3, 0.4) is 0 Å². The van der Waals surface area contributed by atoms with Crippen molar-refractivity contribution >= 4 is 5.97 Å². The minimum Gasteiger partial charge on any atom is -0.466 e. The number of allylic oxidation sites excluding steroid dienone is 4. The molecular weight excluding hydrogens is 236 g/mol. The fraction of sp³-hybridized carbons (Fsp3) is 0.706. The van der Waals surface area contributed by atoms with Crippen molar-refractivity contribution in [3.8, 4) is 0 Å². The molecule has 110 valence electrons. The number of rotatable bonds is 8. The number of hydrogen-bond donors (Lipinski definition) is 0. The summed E-state index contributed by atoms with van der Waals surface area (Å²) in [6, 6.07) is 0. The molecule has 0 aromatic heterocycles. The Kier molecular flexibility index (Phi) is 9.28. The molecule has 0 rings (SSSR count). The molecule has 0 unspecified atom stereocenters. The van der Waals surface area contributed by atoms with Crippen LogP contribution in [-0.2, 0) is 9.53 Å². The van der Waals surface area contributed by atoms with E-state index in [1.807, 2.05) is 0 Å². The molecule has 1 atom stereocenters. The molecule has 2 heteroatoms. The Labute approximate surface area is 118 Å². The van der Waals surface area contributed by atoms with Crippen molar-refractivity contribution in [1.82, 2.24) is 0 Å². The Morgan fingerprint density at radius 1 is 1.11 bits per heavy atom. The number of esters is 1. The predicted octanol–water partition coefficient (Wildman–Crippen LogP) is 4.90. The topological polar surface area (TPSA) is 26.3 Å². The lowest BCUT2D eigenvalue weighted by Gasteiger charge is -2.13. The summed E-state index contributed by atoms with van der Waals surface area (Å²) in [4.78, 5) is 10.7. The van der Waals surface area contributed by atoms with Crippen molar-refractivity contribution in [3.05, 3.63) is 23.3 Å². The van der Waals surface area contributed by atoms with Crippen molar-refractivity contribution in [1.29, 1.82) is 0 Å². The molecule has 2 nitrogen and oxygen atoms in total. The van der Waals surface area contributed by atoms with Gasteiger partial charge in [0.15, 0.2) is 0 Å². The summed E-state index contributed by atoms with van der Waals surface area (Å²) in [6.07, 6.45) is 7.70. The van der Waals surface area contributed by atoms with Gasteiger partial charge in [-0.3, -0.25) is 4.79 Å². The molecule has 0 saturated heterocycles. The average Bonchev–Trinajstić information content (AvgIpc) is 2.27. The number of hydrogen-bond acceptors (Lipinski definition) is 2. The molecule has 0 spiro atoms. The number of carbonyl (C=O) groups excluding carboxylic acids is 1. The van der Waals surface area contributed by atoms with E-state index in [1.165, 1.54) is 18.1 Å². The lowest BCUT2D eigenvalue weighted by atomic mass is 9.94. The number of ether oxygens (including phenoxy) is 1. The van der Waals surface area contributed by atoms with Crippen molar-refractivity contribution in [3.63, 3.8) is 0 Å². The quantitative estimate of drug-likeness (QED) is 0.461. The molecule has 0 aromatic carbocycles. The first-order valence-electron chi connectivity index (χ1n) is 7.28. The Balaban J connectivity index is 4.21. The van der Waals surface area contributed by atoms with Gasteiger partial charge in [0.1, 0.15) is 0 Å². The summed E-state index contributed by atoms with van der Waals surface area (Å²) >= 11 is 0. The Hall–Kier alpha value is -1.05. The van der Waals surface area contributed by atoms with E-state index in [2.05, 4.69) is 46.8 Å². The van der Waals surface area contributed by atoms with Gasteiger partial charge in [-0.25, -0.2) is 0 Å². The van der Waals surface area contributed by atoms with Crippen molar-refractivity contribution in [2.45, 2.75) is 60.8 Å². The van der Waals surface area contributed by atoms with Gasteiger partial charge < -0.3 is 4.74 Å². The van der Waals surface area contributed by atoms with E-state index in [0.717, 1.165) is 19.3 Å². The first kappa shape index (κ1) is 17.9. The van der Waals surface area contributed by atoms with E-state index >= 15 is 0 Å². The van der Waals surface area contributed by atoms with Crippen molar-refractivity contribution < 1.29 is 9.53 Å². The zero-order valence-corrected chi connectivity index (χ0v) is 13.5. The Morgan fingerprint density at radius 3 is 2.21 bits per heavy atom. The van der Waals surface area contributed by atoms with Gasteiger partial charge >= 0.3 is 5.97 Å². The van der Waals surface area contributed by atoms with Gasteiger partial charge in [-0.05, 0) is 44.9 Å². The zero-order valence-electron chi connectivity index (χ0n) is 13.5. The van der Waals surface area contributed by atoms with Crippen LogP contribution in [0.15, 0.2) is 23.3 Å². The predicted molar refractivity (Wildman–Crippen MR) is 82.0 cm³/mol. The maximum atomic E-state index is 10.7. The van der Waals surface area contributed by atoms with Crippen molar-refractivity contribution in [2.75, 3.05) is 6.61 Å². The second-order valence-corrected chi connectivity index (χ2v) is 5.89. The van der Waals surface area contributed by atoms with E-state index in [4.69, 9.17) is 4.74 Å². The molecule has 0 aliphatic rings. The Bertz CT molecular complexity index is 320. The van der Waals surface area contributed by atoms with E-state index in [-0.39, 0.29) is 5.97 Å². The van der Waals surface area contributed by atoms with Crippen LogP contribution in [0.2, 0.25) is 0 Å². The first-order valence-corrected chi connectivity index (χ1v) is 7.28. The van der Waals surface area contributed by atoms with Gasteiger partial charge in [-0.15, -0.1) is 0 Å². The van der Waals surface area contributed by atoms with Crippen LogP contribution in [0.5, 0.6) is 0 Å². The fourth-order valence-electron chi connectivity index (χ4n) is 1.75. The van der Waals surface area contributed by atoms with Crippen LogP contribution in [0, 0.1) is 11.8 Å². The highest BCUT2D eigenvalue weighted by atomic mass is 16.5. The third-order valence-corrected chi connectivity index (χ3v) is 3.19. The summed E-state index contributed by atoms with van der Waals surface area (Å²) in [7, 11) is 0. The molecule has 0 fully saturated rings. The molecule has 0 aromatic rings. The summed E-state index contributed by atoms with van der Waals surface area (Å²) in [5.41, 5.74) is 2.87. The molecule has 0 amide bonds. The molecule has 0 N–H and O–H groups in total. The summed E-state index contributed by atoms with van der Waals surface area (Å²) in [6.45, 7) is 13.0. The molecule has 0 radical (unpaired) electrons. The molecule has 0 saturated carbocycles. The van der Waals surface area contributed by atoms with Gasteiger partial charge in [-0.1, -0.05) is 44.1 Å². The van der Waals surface area contributed by atoms with Crippen LogP contribution < -0.4 is 0 Å². The molecule has 0 aliphatic heterocycles. The fourth-order valence-corrected chi connectivity index (χ4v) is 1.75. The summed E-state index contributed by atoms with van der Waals surface area (Å²) in [5.74, 6) is 0.963. The number of carbonyl (C=O) groups is 1. The van der Waals surface area contributed by atoms with Gasteiger partial charge in [0.25, 0.3) is 0 Å². The van der Waals surface area contributed by atoms with Gasteiger partial charge in [0.05, 0.1) is 6.61 Å². The van der Waals surface area contributed by atoms with Crippen LogP contribution >= 0.6 is 0 Å². The molecule has 0 bridgehead atoms. The third-order valence-electron chi connectivity index (χ3n) is 3.19. The maximum absolute atomic E-state index is 10.7. The lowest BCUT2D eigenvalue weighted by molar-refractivity contribution is -0.141. The molecule has 0 heterocycles. The van der Waals surface area contributed by atoms with Gasteiger partial charge in [0.2, 0.25) is 0 Å². The molecular formula is C17H30O2. The highest BCUT2D eigenvalue weighted by Gasteiger charge is 2.05. The standard InChI is InChI=1S/C17H30O2/c1-13(2)7-9-17(14(3)4)10-8-15(5)11-12-19-16(6)18/h7,10,14-15H,8-9,11-12H2,1-6H3/b17-10+/t15-/m0/s1. The highest BCUT2D eigenvalue weighted by Crippen LogP contribution is 2.19. The molecule has 19 heavy (non-hydrogen) atoms. The normalized spacial score (nSPS) is 13.3. The van der Waals surface area contributed by atoms with Crippen LogP contribution in [-0.4, -0.2) is 12.6 Å². The van der Waals surface area contributed by atoms with E-state index in [0.29, 0.717) is 18.4 Å². The first-order chi connectivity index (χ1) is 8.82. The SMILES string of the molecule is CC(=O)OCC[C@@H](C)C/C=C(\CC=C(C)C)C(C)C. The van der Waals surface area contributed by atoms with E-state index < -0.39 is 0 Å². The van der Waals surface area contributed by atoms with Gasteiger partial charge in [0, 0.05) is 6.92 Å². The van der Waals surface area contributed by atoms with Crippen LogP contribution in [0.25, 0.3) is 0 Å². The minimum absolute atomic E-state index is 0.186. The minimum atomic E-state index is -0.186. The van der Waals surface area contributed by atoms with Crippen LogP contribution in [0.1, 0.15) is 60.8 Å². The Morgan fingerprint density at radius 2 is 1.74 bits per heavy atom. The highest BCUT2D eigenvalue weighted by molar-refractivity contribution is 5.65. The van der Waals surface area contributed by atoms with E-state index in [9.17, 15) is 4.79 Å². The third kappa shape index (κ3) is 10.5. The van der Waals surface area contributed by atoms with Crippen molar-refractivity contribution in [2.24, 2.45) is 11.8 Å². The largest absolute Gasteiger partial charge is 0.466 e. The summed E-state index contributed by atoms with van der Waals surface area (Å²) in [5, 5.41) is 0. The smallest absolute Gasteiger partial charge is 0.302 e. The van der Waals surface area contributed by atoms with Crippen LogP contribution in [0.4, 0.5) is 0 Å². The second-order valence-electron chi connectivity index (χ2n) is 5.89. The summed E-state index contributed by atoms with van der Waals surface area (Å²) < 4.78 is 4.98. The maximum Gasteiger partial charge on any atom is 0.302 e. The molecule has 0 aliphatic carbocycles. The van der Waals surface area contributed by atoms with E-state index in [1.54, 1.807) is 0 Å². The zero-order chi connectivity index (χ0) is 14.8. The lowest BCUT2D eigenvalue weighted by Crippen LogP contribution is -2.05. The average molecular weight is 266 g/mol. The second kappa shape index (κ2) is 9.82. The van der Waals surface area contributed by atoms with Gasteiger partial charge in [-0.2, -0.15) is 0 Å². The monoisotopic (exact) mass is 266 g/mol.